The van der Waals surface area contributed by atoms with Gasteiger partial charge in [-0.15, -0.1) is 0 Å². The molecule has 0 aromatic heterocycles. The molecule has 0 amide bonds. The molecule has 2 aliphatic rings. The van der Waals surface area contributed by atoms with Gasteiger partial charge in [-0.1, -0.05) is 97.3 Å². The normalized spacial score (nSPS) is 21.7. The van der Waals surface area contributed by atoms with E-state index in [-0.39, 0.29) is 0 Å². The highest BCUT2D eigenvalue weighted by Crippen LogP contribution is 2.45. The van der Waals surface area contributed by atoms with Crippen LogP contribution < -0.4 is 5.32 Å². The maximum atomic E-state index is 10.7. The SMILES string of the molecule is N#CC(c1ccccc1)(c1ccccc1)C1CCCCC(NCCC2=CCCC=C2)C1. The summed E-state index contributed by atoms with van der Waals surface area (Å²) in [6, 6.07) is 24.3. The Kier molecular flexibility index (Phi) is 7.39. The Balaban J connectivity index is 1.56. The molecule has 160 valence electrons. The van der Waals surface area contributed by atoms with Gasteiger partial charge < -0.3 is 5.32 Å². The molecule has 2 aromatic rings. The van der Waals surface area contributed by atoms with Gasteiger partial charge in [0, 0.05) is 6.04 Å². The molecule has 1 saturated carbocycles. The fourth-order valence-corrected chi connectivity index (χ4v) is 5.47. The maximum absolute atomic E-state index is 10.7. The van der Waals surface area contributed by atoms with E-state index in [1.165, 1.54) is 37.7 Å². The molecule has 2 aromatic carbocycles. The van der Waals surface area contributed by atoms with Crippen LogP contribution >= 0.6 is 0 Å². The summed E-state index contributed by atoms with van der Waals surface area (Å²) in [4.78, 5) is 0. The average Bonchev–Trinajstić information content (AvgIpc) is 3.08. The first-order valence-electron chi connectivity index (χ1n) is 11.9. The first kappa shape index (κ1) is 21.6. The van der Waals surface area contributed by atoms with Gasteiger partial charge in [0.2, 0.25) is 0 Å². The third-order valence-electron chi connectivity index (χ3n) is 7.09. The number of nitriles is 1. The Morgan fingerprint density at radius 1 is 0.903 bits per heavy atom. The number of hydrogen-bond donors (Lipinski definition) is 1. The molecule has 0 radical (unpaired) electrons. The topological polar surface area (TPSA) is 35.8 Å². The Bertz CT molecular complexity index is 881. The third-order valence-corrected chi connectivity index (χ3v) is 7.09. The van der Waals surface area contributed by atoms with E-state index in [4.69, 9.17) is 0 Å². The number of benzene rings is 2. The number of nitrogens with one attached hydrogen (secondary N) is 1. The van der Waals surface area contributed by atoms with Crippen LogP contribution in [0.4, 0.5) is 0 Å². The van der Waals surface area contributed by atoms with E-state index in [9.17, 15) is 5.26 Å². The van der Waals surface area contributed by atoms with Crippen LogP contribution in [0.3, 0.4) is 0 Å². The minimum atomic E-state index is -0.596. The zero-order valence-corrected chi connectivity index (χ0v) is 18.5. The molecule has 1 N–H and O–H groups in total. The minimum Gasteiger partial charge on any atom is -0.314 e. The number of nitrogens with zero attached hydrogens (tertiary/aromatic N) is 1. The van der Waals surface area contributed by atoms with Crippen molar-refractivity contribution < 1.29 is 0 Å². The van der Waals surface area contributed by atoms with E-state index in [0.717, 1.165) is 36.9 Å². The quantitative estimate of drug-likeness (QED) is 0.515. The smallest absolute Gasteiger partial charge is 0.110 e. The lowest BCUT2D eigenvalue weighted by molar-refractivity contribution is 0.313. The molecule has 2 aliphatic carbocycles. The summed E-state index contributed by atoms with van der Waals surface area (Å²) in [5.74, 6) is 0.302. The van der Waals surface area contributed by atoms with Crippen molar-refractivity contribution in [2.75, 3.05) is 6.54 Å². The van der Waals surface area contributed by atoms with E-state index in [2.05, 4.69) is 78.1 Å². The molecule has 0 aliphatic heterocycles. The van der Waals surface area contributed by atoms with Gasteiger partial charge >= 0.3 is 0 Å². The van der Waals surface area contributed by atoms with Crippen molar-refractivity contribution in [1.29, 1.82) is 5.26 Å². The van der Waals surface area contributed by atoms with Gasteiger partial charge in [0.15, 0.2) is 0 Å². The highest BCUT2D eigenvalue weighted by molar-refractivity contribution is 5.47. The molecule has 2 unspecified atom stereocenters. The number of rotatable bonds is 7. The second-order valence-electron chi connectivity index (χ2n) is 9.03. The number of hydrogen-bond acceptors (Lipinski definition) is 2. The molecule has 0 spiro atoms. The molecule has 1 fully saturated rings. The molecule has 31 heavy (non-hydrogen) atoms. The zero-order valence-electron chi connectivity index (χ0n) is 18.5. The summed E-state index contributed by atoms with van der Waals surface area (Å²) < 4.78 is 0. The molecule has 2 nitrogen and oxygen atoms in total. The lowest BCUT2D eigenvalue weighted by Gasteiger charge is -2.37. The van der Waals surface area contributed by atoms with Crippen LogP contribution in [0.25, 0.3) is 0 Å². The largest absolute Gasteiger partial charge is 0.314 e. The average molecular weight is 411 g/mol. The first-order chi connectivity index (χ1) is 15.3. The highest BCUT2D eigenvalue weighted by Gasteiger charge is 2.43. The monoisotopic (exact) mass is 410 g/mol. The molecule has 4 rings (SSSR count). The summed E-state index contributed by atoms with van der Waals surface area (Å²) in [7, 11) is 0. The Morgan fingerprint density at radius 3 is 2.19 bits per heavy atom. The zero-order chi connectivity index (χ0) is 21.4. The number of allylic oxidation sites excluding steroid dienone is 3. The molecule has 2 atom stereocenters. The predicted octanol–water partition coefficient (Wildman–Crippen LogP) is 6.70. The highest BCUT2D eigenvalue weighted by atomic mass is 14.9. The minimum absolute atomic E-state index is 0.302. The molecule has 0 saturated heterocycles. The third kappa shape index (κ3) is 5.00. The van der Waals surface area contributed by atoms with Crippen LogP contribution in [0.5, 0.6) is 0 Å². The summed E-state index contributed by atoms with van der Waals surface area (Å²) >= 11 is 0. The second-order valence-corrected chi connectivity index (χ2v) is 9.03. The molecule has 2 heteroatoms. The van der Waals surface area contributed by atoms with E-state index >= 15 is 0 Å². The van der Waals surface area contributed by atoms with Crippen molar-refractivity contribution >= 4 is 0 Å². The van der Waals surface area contributed by atoms with Crippen LogP contribution in [0.1, 0.15) is 62.5 Å². The summed E-state index contributed by atoms with van der Waals surface area (Å²) in [5.41, 5.74) is 3.13. The van der Waals surface area contributed by atoms with Crippen LogP contribution in [0, 0.1) is 17.2 Å². The molecular formula is C29H34N2. The molecule has 0 bridgehead atoms. The lowest BCUT2D eigenvalue weighted by Crippen LogP contribution is -2.40. The van der Waals surface area contributed by atoms with Crippen molar-refractivity contribution in [1.82, 2.24) is 5.32 Å². The fraction of sp³-hybridized carbons (Fsp3) is 0.414. The van der Waals surface area contributed by atoms with Gasteiger partial charge in [-0.3, -0.25) is 0 Å². The van der Waals surface area contributed by atoms with Crippen molar-refractivity contribution in [2.24, 2.45) is 5.92 Å². The summed E-state index contributed by atoms with van der Waals surface area (Å²) in [5, 5.41) is 14.5. The van der Waals surface area contributed by atoms with Crippen molar-refractivity contribution in [3.05, 3.63) is 95.6 Å². The van der Waals surface area contributed by atoms with Gasteiger partial charge in [0.25, 0.3) is 0 Å². The van der Waals surface area contributed by atoms with E-state index in [1.54, 1.807) is 0 Å². The van der Waals surface area contributed by atoms with Crippen molar-refractivity contribution in [3.63, 3.8) is 0 Å². The Hall–Kier alpha value is -2.63. The van der Waals surface area contributed by atoms with Crippen LogP contribution in [-0.4, -0.2) is 12.6 Å². The van der Waals surface area contributed by atoms with Gasteiger partial charge in [-0.2, -0.15) is 5.26 Å². The molecule has 0 heterocycles. The first-order valence-corrected chi connectivity index (χ1v) is 11.9. The van der Waals surface area contributed by atoms with Gasteiger partial charge in [0.05, 0.1) is 6.07 Å². The predicted molar refractivity (Wildman–Crippen MR) is 129 cm³/mol. The van der Waals surface area contributed by atoms with Gasteiger partial charge in [0.1, 0.15) is 5.41 Å². The standard InChI is InChI=1S/C29H34N2/c30-23-29(25-14-6-2-7-15-25,26-16-8-3-9-17-26)27-18-10-11-19-28(22-27)31-21-20-24-12-4-1-5-13-24/h2-4,6-9,12-17,27-28,31H,1,5,10-11,18-22H2. The van der Waals surface area contributed by atoms with Crippen LogP contribution in [-0.2, 0) is 5.41 Å². The lowest BCUT2D eigenvalue weighted by atomic mass is 9.64. The van der Waals surface area contributed by atoms with Crippen LogP contribution in [0.2, 0.25) is 0 Å². The Labute approximate surface area is 187 Å². The summed E-state index contributed by atoms with van der Waals surface area (Å²) in [6.45, 7) is 1.02. The summed E-state index contributed by atoms with van der Waals surface area (Å²) in [6.07, 6.45) is 16.2. The van der Waals surface area contributed by atoms with E-state index in [0.29, 0.717) is 12.0 Å². The van der Waals surface area contributed by atoms with E-state index < -0.39 is 5.41 Å². The Morgan fingerprint density at radius 2 is 1.58 bits per heavy atom. The second kappa shape index (κ2) is 10.6. The van der Waals surface area contributed by atoms with Gasteiger partial charge in [-0.05, 0) is 62.1 Å². The van der Waals surface area contributed by atoms with Crippen molar-refractivity contribution in [2.45, 2.75) is 62.8 Å². The van der Waals surface area contributed by atoms with E-state index in [1.807, 2.05) is 12.1 Å². The van der Waals surface area contributed by atoms with Gasteiger partial charge in [-0.25, -0.2) is 0 Å². The fourth-order valence-electron chi connectivity index (χ4n) is 5.47. The van der Waals surface area contributed by atoms with Crippen LogP contribution in [0.15, 0.2) is 84.5 Å². The van der Waals surface area contributed by atoms with Crippen molar-refractivity contribution in [3.8, 4) is 6.07 Å². The maximum Gasteiger partial charge on any atom is 0.110 e. The molecular weight excluding hydrogens is 376 g/mol.